The van der Waals surface area contributed by atoms with Crippen LogP contribution in [0.5, 0.6) is 0 Å². The molecule has 1 aromatic rings. The predicted molar refractivity (Wildman–Crippen MR) is 82.8 cm³/mol. The van der Waals surface area contributed by atoms with Crippen molar-refractivity contribution in [3.63, 3.8) is 0 Å². The van der Waals surface area contributed by atoms with Gasteiger partial charge in [-0.3, -0.25) is 4.79 Å². The molecule has 104 valence electrons. The standard InChI is InChI=1S/C15H19BrClNO/c16-13-5-1-4-12(7-13)10-18-15(19)9-11-3-2-6-14(17)8-11/h2-3,6,8,12-13H,1,4-5,7,9-10H2,(H,18,19). The molecule has 2 unspecified atom stereocenters. The smallest absolute Gasteiger partial charge is 0.224 e. The Balaban J connectivity index is 1.75. The van der Waals surface area contributed by atoms with Crippen molar-refractivity contribution in [2.45, 2.75) is 36.9 Å². The third-order valence-electron chi connectivity index (χ3n) is 3.56. The Morgan fingerprint density at radius 2 is 2.26 bits per heavy atom. The summed E-state index contributed by atoms with van der Waals surface area (Å²) in [4.78, 5) is 12.5. The SMILES string of the molecule is O=C(Cc1cccc(Cl)c1)NCC1CCCC(Br)C1. The summed E-state index contributed by atoms with van der Waals surface area (Å²) in [5.41, 5.74) is 0.965. The fourth-order valence-corrected chi connectivity index (χ4v) is 3.63. The van der Waals surface area contributed by atoms with Crippen LogP contribution in [0.1, 0.15) is 31.2 Å². The van der Waals surface area contributed by atoms with Crippen molar-refractivity contribution in [1.82, 2.24) is 5.32 Å². The van der Waals surface area contributed by atoms with E-state index in [0.717, 1.165) is 18.5 Å². The number of halogens is 2. The van der Waals surface area contributed by atoms with Crippen LogP contribution in [0, 0.1) is 5.92 Å². The molecule has 0 saturated heterocycles. The highest BCUT2D eigenvalue weighted by Crippen LogP contribution is 2.28. The van der Waals surface area contributed by atoms with Gasteiger partial charge in [0.1, 0.15) is 0 Å². The Morgan fingerprint density at radius 1 is 1.42 bits per heavy atom. The maximum absolute atomic E-state index is 11.9. The summed E-state index contributed by atoms with van der Waals surface area (Å²) < 4.78 is 0. The highest BCUT2D eigenvalue weighted by molar-refractivity contribution is 9.09. The maximum atomic E-state index is 11.9. The second-order valence-electron chi connectivity index (χ2n) is 5.24. The lowest BCUT2D eigenvalue weighted by molar-refractivity contribution is -0.120. The summed E-state index contributed by atoms with van der Waals surface area (Å²) in [6.07, 6.45) is 5.31. The lowest BCUT2D eigenvalue weighted by Gasteiger charge is -2.25. The molecule has 0 radical (unpaired) electrons. The van der Waals surface area contributed by atoms with Crippen LogP contribution in [-0.2, 0) is 11.2 Å². The van der Waals surface area contributed by atoms with Gasteiger partial charge in [-0.15, -0.1) is 0 Å². The number of carbonyl (C=O) groups is 1. The average molecular weight is 345 g/mol. The van der Waals surface area contributed by atoms with Crippen LogP contribution in [-0.4, -0.2) is 17.3 Å². The number of hydrogen-bond acceptors (Lipinski definition) is 1. The van der Waals surface area contributed by atoms with Gasteiger partial charge in [0.05, 0.1) is 6.42 Å². The van der Waals surface area contributed by atoms with Crippen molar-refractivity contribution in [2.75, 3.05) is 6.54 Å². The third kappa shape index (κ3) is 5.15. The van der Waals surface area contributed by atoms with Gasteiger partial charge in [0, 0.05) is 16.4 Å². The highest BCUT2D eigenvalue weighted by atomic mass is 79.9. The Hall–Kier alpha value is -0.540. The second kappa shape index (κ2) is 7.30. The minimum Gasteiger partial charge on any atom is -0.356 e. The van der Waals surface area contributed by atoms with Gasteiger partial charge in [-0.25, -0.2) is 0 Å². The molecule has 1 amide bonds. The quantitative estimate of drug-likeness (QED) is 0.823. The summed E-state index contributed by atoms with van der Waals surface area (Å²) in [6, 6.07) is 7.47. The summed E-state index contributed by atoms with van der Waals surface area (Å²) in [5, 5.41) is 3.72. The predicted octanol–water partition coefficient (Wildman–Crippen LogP) is 3.95. The molecule has 0 bridgehead atoms. The van der Waals surface area contributed by atoms with Gasteiger partial charge in [-0.2, -0.15) is 0 Å². The molecular weight excluding hydrogens is 326 g/mol. The van der Waals surface area contributed by atoms with E-state index >= 15 is 0 Å². The zero-order chi connectivity index (χ0) is 13.7. The van der Waals surface area contributed by atoms with Crippen molar-refractivity contribution in [2.24, 2.45) is 5.92 Å². The van der Waals surface area contributed by atoms with Crippen molar-refractivity contribution in [3.8, 4) is 0 Å². The van der Waals surface area contributed by atoms with Gasteiger partial charge in [0.2, 0.25) is 5.91 Å². The first-order valence-electron chi connectivity index (χ1n) is 6.78. The lowest BCUT2D eigenvalue weighted by atomic mass is 9.89. The molecular formula is C15H19BrClNO. The molecule has 4 heteroatoms. The van der Waals surface area contributed by atoms with Crippen molar-refractivity contribution < 1.29 is 4.79 Å². The number of amides is 1. The highest BCUT2D eigenvalue weighted by Gasteiger charge is 2.20. The molecule has 19 heavy (non-hydrogen) atoms. The first-order chi connectivity index (χ1) is 9.13. The third-order valence-corrected chi connectivity index (χ3v) is 4.63. The minimum atomic E-state index is 0.0824. The Bertz CT molecular complexity index is 438. The normalized spacial score (nSPS) is 23.1. The number of nitrogens with one attached hydrogen (secondary N) is 1. The molecule has 0 aliphatic heterocycles. The molecule has 0 aromatic heterocycles. The number of rotatable bonds is 4. The molecule has 1 N–H and O–H groups in total. The molecule has 1 fully saturated rings. The molecule has 1 aromatic carbocycles. The van der Waals surface area contributed by atoms with Crippen LogP contribution in [0.15, 0.2) is 24.3 Å². The van der Waals surface area contributed by atoms with Crippen LogP contribution in [0.25, 0.3) is 0 Å². The van der Waals surface area contributed by atoms with E-state index in [4.69, 9.17) is 11.6 Å². The molecule has 1 saturated carbocycles. The number of hydrogen-bond donors (Lipinski definition) is 1. The second-order valence-corrected chi connectivity index (χ2v) is 6.97. The monoisotopic (exact) mass is 343 g/mol. The van der Waals surface area contributed by atoms with Crippen molar-refractivity contribution >= 4 is 33.4 Å². The summed E-state index contributed by atoms with van der Waals surface area (Å²) >= 11 is 9.58. The van der Waals surface area contributed by atoms with Crippen molar-refractivity contribution in [3.05, 3.63) is 34.9 Å². The molecule has 0 heterocycles. The maximum Gasteiger partial charge on any atom is 0.224 e. The van der Waals surface area contributed by atoms with E-state index in [-0.39, 0.29) is 5.91 Å². The zero-order valence-corrected chi connectivity index (χ0v) is 13.2. The zero-order valence-electron chi connectivity index (χ0n) is 10.9. The van der Waals surface area contributed by atoms with Gasteiger partial charge in [-0.05, 0) is 42.9 Å². The Morgan fingerprint density at radius 3 is 3.00 bits per heavy atom. The van der Waals surface area contributed by atoms with E-state index in [1.165, 1.54) is 19.3 Å². The number of alkyl halides is 1. The summed E-state index contributed by atoms with van der Waals surface area (Å²) in [6.45, 7) is 0.793. The molecule has 1 aliphatic rings. The van der Waals surface area contributed by atoms with Gasteiger partial charge < -0.3 is 5.32 Å². The van der Waals surface area contributed by atoms with Crippen molar-refractivity contribution in [1.29, 1.82) is 0 Å². The van der Waals surface area contributed by atoms with Crippen LogP contribution in [0.4, 0.5) is 0 Å². The number of carbonyl (C=O) groups excluding carboxylic acids is 1. The van der Waals surface area contributed by atoms with Gasteiger partial charge in [0.25, 0.3) is 0 Å². The van der Waals surface area contributed by atoms with Gasteiger partial charge in [0.15, 0.2) is 0 Å². The number of benzene rings is 1. The molecule has 2 nitrogen and oxygen atoms in total. The van der Waals surface area contributed by atoms with E-state index < -0.39 is 0 Å². The fourth-order valence-electron chi connectivity index (χ4n) is 2.56. The van der Waals surface area contributed by atoms with Crippen LogP contribution in [0.2, 0.25) is 5.02 Å². The van der Waals surface area contributed by atoms with E-state index in [0.29, 0.717) is 22.2 Å². The van der Waals surface area contributed by atoms with E-state index in [9.17, 15) is 4.79 Å². The summed E-state index contributed by atoms with van der Waals surface area (Å²) in [5.74, 6) is 0.695. The van der Waals surface area contributed by atoms with Gasteiger partial charge in [-0.1, -0.05) is 46.1 Å². The molecule has 2 atom stereocenters. The summed E-state index contributed by atoms with van der Waals surface area (Å²) in [7, 11) is 0. The molecule has 2 rings (SSSR count). The van der Waals surface area contributed by atoms with E-state index in [2.05, 4.69) is 21.2 Å². The average Bonchev–Trinajstić information content (AvgIpc) is 2.36. The first kappa shape index (κ1) is 14.9. The van der Waals surface area contributed by atoms with Gasteiger partial charge >= 0.3 is 0 Å². The fraction of sp³-hybridized carbons (Fsp3) is 0.533. The van der Waals surface area contributed by atoms with Crippen LogP contribution in [0.3, 0.4) is 0 Å². The Labute approximate surface area is 128 Å². The topological polar surface area (TPSA) is 29.1 Å². The van der Waals surface area contributed by atoms with E-state index in [1.807, 2.05) is 24.3 Å². The minimum absolute atomic E-state index is 0.0824. The van der Waals surface area contributed by atoms with Crippen LogP contribution < -0.4 is 5.32 Å². The first-order valence-corrected chi connectivity index (χ1v) is 8.08. The van der Waals surface area contributed by atoms with Crippen LogP contribution >= 0.6 is 27.5 Å². The molecule has 1 aliphatic carbocycles. The molecule has 0 spiro atoms. The largest absolute Gasteiger partial charge is 0.356 e. The lowest BCUT2D eigenvalue weighted by Crippen LogP contribution is -2.32. The Kier molecular flexibility index (Phi) is 5.71. The van der Waals surface area contributed by atoms with E-state index in [1.54, 1.807) is 0 Å².